The van der Waals surface area contributed by atoms with Crippen LogP contribution >= 0.6 is 0 Å². The number of amides is 1. The van der Waals surface area contributed by atoms with E-state index in [0.29, 0.717) is 23.4 Å². The highest BCUT2D eigenvalue weighted by Crippen LogP contribution is 2.32. The lowest BCUT2D eigenvalue weighted by Gasteiger charge is -2.10. The fourth-order valence-corrected chi connectivity index (χ4v) is 3.66. The van der Waals surface area contributed by atoms with E-state index in [2.05, 4.69) is 10.3 Å². The molecule has 29 heavy (non-hydrogen) atoms. The normalized spacial score (nSPS) is 11.3. The number of carbonyl (C=O) groups excluding carboxylic acids is 1. The van der Waals surface area contributed by atoms with Gasteiger partial charge in [0.1, 0.15) is 17.0 Å². The Hall–Kier alpha value is -3.41. The van der Waals surface area contributed by atoms with Gasteiger partial charge in [0.05, 0.1) is 6.26 Å². The van der Waals surface area contributed by atoms with Crippen LogP contribution in [0.4, 0.5) is 5.82 Å². The highest BCUT2D eigenvalue weighted by atomic mass is 16.4. The molecule has 0 saturated carbocycles. The highest BCUT2D eigenvalue weighted by Gasteiger charge is 2.18. The maximum absolute atomic E-state index is 12.6. The van der Waals surface area contributed by atoms with Crippen molar-refractivity contribution in [2.24, 2.45) is 0 Å². The first-order valence-corrected chi connectivity index (χ1v) is 9.52. The van der Waals surface area contributed by atoms with Crippen LogP contribution in [0.25, 0.3) is 21.9 Å². The number of benzene rings is 1. The molecule has 4 aromatic rings. The zero-order chi connectivity index (χ0) is 20.7. The van der Waals surface area contributed by atoms with Crippen LogP contribution in [0.1, 0.15) is 34.2 Å². The molecule has 0 aliphatic carbocycles. The molecule has 0 aliphatic rings. The maximum Gasteiger partial charge on any atom is 0.339 e. The molecular formula is C23H22N2O4. The summed E-state index contributed by atoms with van der Waals surface area (Å²) in [6, 6.07) is 5.69. The van der Waals surface area contributed by atoms with Crippen LogP contribution in [0, 0.1) is 27.7 Å². The predicted molar refractivity (Wildman–Crippen MR) is 112 cm³/mol. The van der Waals surface area contributed by atoms with Gasteiger partial charge in [-0.15, -0.1) is 0 Å². The van der Waals surface area contributed by atoms with Crippen molar-refractivity contribution in [3.8, 4) is 0 Å². The Labute approximate surface area is 167 Å². The number of aryl methyl sites for hydroxylation is 4. The number of aromatic nitrogens is 1. The van der Waals surface area contributed by atoms with Crippen LogP contribution in [0.2, 0.25) is 0 Å². The van der Waals surface area contributed by atoms with E-state index in [4.69, 9.17) is 8.83 Å². The fourth-order valence-electron chi connectivity index (χ4n) is 3.66. The second-order valence-corrected chi connectivity index (χ2v) is 7.38. The Morgan fingerprint density at radius 2 is 1.86 bits per heavy atom. The number of pyridine rings is 1. The first-order valence-electron chi connectivity index (χ1n) is 9.52. The summed E-state index contributed by atoms with van der Waals surface area (Å²) >= 11 is 0. The number of nitrogens with zero attached hydrogens (tertiary/aromatic N) is 1. The first-order chi connectivity index (χ1) is 13.9. The van der Waals surface area contributed by atoms with E-state index < -0.39 is 5.63 Å². The third-order valence-electron chi connectivity index (χ3n) is 5.40. The van der Waals surface area contributed by atoms with E-state index in [0.717, 1.165) is 38.6 Å². The standard InChI is InChI=1S/C23H22N2O4/c1-12-6-5-9-24-22(12)25-19(26)8-7-16-14(3)18-10-17-13(2)11-28-20(17)15(4)21(18)29-23(16)27/h5-6,9-11H,7-8H2,1-4H3,(H,24,25,26). The lowest BCUT2D eigenvalue weighted by atomic mass is 9.98. The van der Waals surface area contributed by atoms with Gasteiger partial charge in [0.25, 0.3) is 0 Å². The SMILES string of the molecule is Cc1cccnc1NC(=O)CCc1c(C)c2cc3c(C)coc3c(C)c2oc1=O. The molecule has 0 atom stereocenters. The van der Waals surface area contributed by atoms with Crippen LogP contribution in [0.5, 0.6) is 0 Å². The lowest BCUT2D eigenvalue weighted by molar-refractivity contribution is -0.116. The fraction of sp³-hybridized carbons (Fsp3) is 0.261. The number of anilines is 1. The van der Waals surface area contributed by atoms with Crippen molar-refractivity contribution in [3.63, 3.8) is 0 Å². The summed E-state index contributed by atoms with van der Waals surface area (Å²) in [5, 5.41) is 4.67. The lowest BCUT2D eigenvalue weighted by Crippen LogP contribution is -2.17. The number of hydrogen-bond donors (Lipinski definition) is 1. The van der Waals surface area contributed by atoms with E-state index in [1.807, 2.05) is 45.9 Å². The smallest absolute Gasteiger partial charge is 0.339 e. The number of nitrogens with one attached hydrogen (secondary N) is 1. The van der Waals surface area contributed by atoms with Crippen molar-refractivity contribution in [1.29, 1.82) is 0 Å². The molecule has 6 nitrogen and oxygen atoms in total. The molecule has 6 heteroatoms. The summed E-state index contributed by atoms with van der Waals surface area (Å²) < 4.78 is 11.3. The molecule has 0 saturated heterocycles. The van der Waals surface area contributed by atoms with Crippen LogP contribution in [-0.4, -0.2) is 10.9 Å². The van der Waals surface area contributed by atoms with Crippen LogP contribution in [0.15, 0.2) is 44.3 Å². The van der Waals surface area contributed by atoms with E-state index in [-0.39, 0.29) is 12.3 Å². The zero-order valence-corrected chi connectivity index (χ0v) is 16.9. The summed E-state index contributed by atoms with van der Waals surface area (Å²) in [6.45, 7) is 7.65. The molecule has 3 heterocycles. The molecule has 0 fully saturated rings. The molecule has 148 valence electrons. The summed E-state index contributed by atoms with van der Waals surface area (Å²) in [7, 11) is 0. The molecule has 4 rings (SSSR count). The van der Waals surface area contributed by atoms with Gasteiger partial charge in [-0.25, -0.2) is 9.78 Å². The van der Waals surface area contributed by atoms with Crippen molar-refractivity contribution in [2.75, 3.05) is 5.32 Å². The van der Waals surface area contributed by atoms with Gasteiger partial charge in [-0.1, -0.05) is 6.07 Å². The van der Waals surface area contributed by atoms with Gasteiger partial charge in [0.15, 0.2) is 0 Å². The Bertz CT molecular complexity index is 1310. The third-order valence-corrected chi connectivity index (χ3v) is 5.40. The minimum Gasteiger partial charge on any atom is -0.464 e. The first kappa shape index (κ1) is 18.9. The molecule has 0 aliphatic heterocycles. The molecular weight excluding hydrogens is 368 g/mol. The van der Waals surface area contributed by atoms with Crippen LogP contribution in [-0.2, 0) is 11.2 Å². The van der Waals surface area contributed by atoms with E-state index >= 15 is 0 Å². The molecule has 0 unspecified atom stereocenters. The minimum absolute atomic E-state index is 0.166. The summed E-state index contributed by atoms with van der Waals surface area (Å²) in [4.78, 5) is 29.2. The molecule has 1 amide bonds. The molecule has 0 spiro atoms. The van der Waals surface area contributed by atoms with Gasteiger partial charge in [-0.3, -0.25) is 4.79 Å². The summed E-state index contributed by atoms with van der Waals surface area (Å²) in [5.74, 6) is 0.344. The number of carbonyl (C=O) groups is 1. The summed E-state index contributed by atoms with van der Waals surface area (Å²) in [5.41, 5.74) is 4.93. The van der Waals surface area contributed by atoms with Gasteiger partial charge in [-0.05, 0) is 62.9 Å². The molecule has 0 radical (unpaired) electrons. The molecule has 3 aromatic heterocycles. The Kier molecular flexibility index (Phi) is 4.70. The Morgan fingerprint density at radius 1 is 1.07 bits per heavy atom. The number of hydrogen-bond acceptors (Lipinski definition) is 5. The van der Waals surface area contributed by atoms with Gasteiger partial charge >= 0.3 is 5.63 Å². The average molecular weight is 390 g/mol. The van der Waals surface area contributed by atoms with E-state index in [9.17, 15) is 9.59 Å². The monoisotopic (exact) mass is 390 g/mol. The van der Waals surface area contributed by atoms with Crippen molar-refractivity contribution in [3.05, 3.63) is 68.9 Å². The minimum atomic E-state index is -0.414. The van der Waals surface area contributed by atoms with Crippen molar-refractivity contribution in [2.45, 2.75) is 40.5 Å². The van der Waals surface area contributed by atoms with Crippen LogP contribution < -0.4 is 10.9 Å². The molecule has 1 aromatic carbocycles. The van der Waals surface area contributed by atoms with Gasteiger partial charge in [0, 0.05) is 34.5 Å². The average Bonchev–Trinajstić information content (AvgIpc) is 3.06. The quantitative estimate of drug-likeness (QED) is 0.509. The van der Waals surface area contributed by atoms with Crippen molar-refractivity contribution in [1.82, 2.24) is 4.98 Å². The maximum atomic E-state index is 12.6. The highest BCUT2D eigenvalue weighted by molar-refractivity contribution is 5.99. The Balaban J connectivity index is 1.66. The number of furan rings is 1. The largest absolute Gasteiger partial charge is 0.464 e. The molecule has 1 N–H and O–H groups in total. The zero-order valence-electron chi connectivity index (χ0n) is 16.9. The van der Waals surface area contributed by atoms with Crippen LogP contribution in [0.3, 0.4) is 0 Å². The van der Waals surface area contributed by atoms with E-state index in [1.54, 1.807) is 12.5 Å². The topological polar surface area (TPSA) is 85.3 Å². The number of fused-ring (bicyclic) bond motifs is 2. The second-order valence-electron chi connectivity index (χ2n) is 7.38. The van der Waals surface area contributed by atoms with Gasteiger partial charge < -0.3 is 14.2 Å². The predicted octanol–water partition coefficient (Wildman–Crippen LogP) is 4.74. The third kappa shape index (κ3) is 3.31. The second kappa shape index (κ2) is 7.20. The molecule has 0 bridgehead atoms. The van der Waals surface area contributed by atoms with E-state index in [1.165, 1.54) is 0 Å². The summed E-state index contributed by atoms with van der Waals surface area (Å²) in [6.07, 6.45) is 3.79. The van der Waals surface area contributed by atoms with Crippen molar-refractivity contribution >= 4 is 33.7 Å². The van der Waals surface area contributed by atoms with Crippen molar-refractivity contribution < 1.29 is 13.6 Å². The van der Waals surface area contributed by atoms with Gasteiger partial charge in [0.2, 0.25) is 5.91 Å². The van der Waals surface area contributed by atoms with Gasteiger partial charge in [-0.2, -0.15) is 0 Å². The number of rotatable bonds is 4. The Morgan fingerprint density at radius 3 is 2.62 bits per heavy atom.